The number of aryl methyl sites for hydroxylation is 1. The Bertz CT molecular complexity index is 456. The third kappa shape index (κ3) is 1.97. The van der Waals surface area contributed by atoms with Crippen molar-refractivity contribution >= 4 is 0 Å². The van der Waals surface area contributed by atoms with E-state index in [1.54, 1.807) is 6.20 Å². The SMILES string of the molecule is CCc1nccn1-c1ccc([C@H](C)N)nc1. The van der Waals surface area contributed by atoms with Crippen LogP contribution >= 0.6 is 0 Å². The third-order valence-corrected chi connectivity index (χ3v) is 2.55. The second-order valence-corrected chi connectivity index (χ2v) is 3.80. The molecular formula is C12H16N4. The summed E-state index contributed by atoms with van der Waals surface area (Å²) in [4.78, 5) is 8.62. The summed E-state index contributed by atoms with van der Waals surface area (Å²) >= 11 is 0. The second-order valence-electron chi connectivity index (χ2n) is 3.80. The quantitative estimate of drug-likeness (QED) is 0.851. The summed E-state index contributed by atoms with van der Waals surface area (Å²) in [5.41, 5.74) is 7.69. The Morgan fingerprint density at radius 3 is 2.75 bits per heavy atom. The Kier molecular flexibility index (Phi) is 3.01. The molecule has 4 heteroatoms. The number of nitrogens with two attached hydrogens (primary N) is 1. The highest BCUT2D eigenvalue weighted by Crippen LogP contribution is 2.12. The van der Waals surface area contributed by atoms with E-state index in [0.717, 1.165) is 23.6 Å². The molecule has 0 saturated carbocycles. The first-order valence-corrected chi connectivity index (χ1v) is 5.46. The fourth-order valence-corrected chi connectivity index (χ4v) is 1.64. The van der Waals surface area contributed by atoms with Crippen LogP contribution in [-0.4, -0.2) is 14.5 Å². The van der Waals surface area contributed by atoms with E-state index in [1.807, 2.05) is 36.0 Å². The van der Waals surface area contributed by atoms with Crippen molar-refractivity contribution in [3.8, 4) is 5.69 Å². The predicted molar refractivity (Wildman–Crippen MR) is 63.3 cm³/mol. The van der Waals surface area contributed by atoms with Crippen LogP contribution in [0, 0.1) is 0 Å². The maximum Gasteiger partial charge on any atom is 0.112 e. The molecule has 2 rings (SSSR count). The molecule has 0 saturated heterocycles. The number of hydrogen-bond acceptors (Lipinski definition) is 3. The van der Waals surface area contributed by atoms with Gasteiger partial charge >= 0.3 is 0 Å². The summed E-state index contributed by atoms with van der Waals surface area (Å²) < 4.78 is 2.04. The van der Waals surface area contributed by atoms with Crippen LogP contribution in [0.4, 0.5) is 0 Å². The number of hydrogen-bond donors (Lipinski definition) is 1. The monoisotopic (exact) mass is 216 g/mol. The molecule has 0 spiro atoms. The van der Waals surface area contributed by atoms with Crippen LogP contribution < -0.4 is 5.73 Å². The fourth-order valence-electron chi connectivity index (χ4n) is 1.64. The van der Waals surface area contributed by atoms with Crippen molar-refractivity contribution in [2.75, 3.05) is 0 Å². The fraction of sp³-hybridized carbons (Fsp3) is 0.333. The zero-order valence-corrected chi connectivity index (χ0v) is 9.59. The maximum absolute atomic E-state index is 5.76. The van der Waals surface area contributed by atoms with Gasteiger partial charge in [-0.2, -0.15) is 0 Å². The standard InChI is InChI=1S/C12H16N4/c1-3-12-14-6-7-16(12)10-4-5-11(9(2)13)15-8-10/h4-9H,3,13H2,1-2H3/t9-/m0/s1. The van der Waals surface area contributed by atoms with Crippen LogP contribution in [0.1, 0.15) is 31.4 Å². The van der Waals surface area contributed by atoms with Crippen molar-refractivity contribution in [2.45, 2.75) is 26.3 Å². The van der Waals surface area contributed by atoms with Crippen LogP contribution in [0.15, 0.2) is 30.7 Å². The van der Waals surface area contributed by atoms with Gasteiger partial charge in [-0.1, -0.05) is 6.92 Å². The first kappa shape index (κ1) is 10.8. The minimum absolute atomic E-state index is 0.0255. The number of pyridine rings is 1. The lowest BCUT2D eigenvalue weighted by Crippen LogP contribution is -2.08. The van der Waals surface area contributed by atoms with Gasteiger partial charge in [0.2, 0.25) is 0 Å². The average molecular weight is 216 g/mol. The molecule has 2 heterocycles. The Hall–Kier alpha value is -1.68. The lowest BCUT2D eigenvalue weighted by atomic mass is 10.2. The lowest BCUT2D eigenvalue weighted by molar-refractivity contribution is 0.777. The molecule has 0 bridgehead atoms. The van der Waals surface area contributed by atoms with Crippen molar-refractivity contribution in [2.24, 2.45) is 5.73 Å². The molecule has 0 unspecified atom stereocenters. The molecule has 2 aromatic rings. The zero-order valence-electron chi connectivity index (χ0n) is 9.59. The highest BCUT2D eigenvalue weighted by atomic mass is 15.1. The summed E-state index contributed by atoms with van der Waals surface area (Å²) in [5.74, 6) is 1.04. The van der Waals surface area contributed by atoms with Crippen molar-refractivity contribution in [3.63, 3.8) is 0 Å². The second kappa shape index (κ2) is 4.45. The first-order valence-electron chi connectivity index (χ1n) is 5.46. The molecule has 84 valence electrons. The Morgan fingerprint density at radius 2 is 2.19 bits per heavy atom. The molecule has 2 aromatic heterocycles. The van der Waals surface area contributed by atoms with E-state index in [9.17, 15) is 0 Å². The molecule has 0 fully saturated rings. The topological polar surface area (TPSA) is 56.7 Å². The van der Waals surface area contributed by atoms with Gasteiger partial charge in [-0.3, -0.25) is 4.98 Å². The molecule has 0 aliphatic rings. The summed E-state index contributed by atoms with van der Waals surface area (Å²) in [6.45, 7) is 4.01. The van der Waals surface area contributed by atoms with Crippen LogP contribution in [0.25, 0.3) is 5.69 Å². The van der Waals surface area contributed by atoms with E-state index in [-0.39, 0.29) is 6.04 Å². The van der Waals surface area contributed by atoms with Gasteiger partial charge in [-0.05, 0) is 19.1 Å². The third-order valence-electron chi connectivity index (χ3n) is 2.55. The molecule has 16 heavy (non-hydrogen) atoms. The Labute approximate surface area is 95.1 Å². The zero-order chi connectivity index (χ0) is 11.5. The van der Waals surface area contributed by atoms with Gasteiger partial charge in [0.25, 0.3) is 0 Å². The van der Waals surface area contributed by atoms with Gasteiger partial charge in [0.05, 0.1) is 17.6 Å². The molecule has 0 radical (unpaired) electrons. The van der Waals surface area contributed by atoms with Crippen LogP contribution in [0.3, 0.4) is 0 Å². The number of aromatic nitrogens is 3. The lowest BCUT2D eigenvalue weighted by Gasteiger charge is -2.08. The molecule has 0 aliphatic carbocycles. The van der Waals surface area contributed by atoms with E-state index < -0.39 is 0 Å². The Balaban J connectivity index is 2.35. The van der Waals surface area contributed by atoms with Crippen molar-refractivity contribution in [1.29, 1.82) is 0 Å². The maximum atomic E-state index is 5.76. The summed E-state index contributed by atoms with van der Waals surface area (Å²) in [6, 6.07) is 3.95. The van der Waals surface area contributed by atoms with Crippen molar-refractivity contribution in [3.05, 3.63) is 42.2 Å². The van der Waals surface area contributed by atoms with Crippen molar-refractivity contribution < 1.29 is 0 Å². The van der Waals surface area contributed by atoms with Gasteiger partial charge < -0.3 is 10.3 Å². The largest absolute Gasteiger partial charge is 0.323 e. The summed E-state index contributed by atoms with van der Waals surface area (Å²) in [5, 5.41) is 0. The normalized spacial score (nSPS) is 12.7. The van der Waals surface area contributed by atoms with Crippen LogP contribution in [-0.2, 0) is 6.42 Å². The molecule has 4 nitrogen and oxygen atoms in total. The molecular weight excluding hydrogens is 200 g/mol. The van der Waals surface area contributed by atoms with E-state index >= 15 is 0 Å². The summed E-state index contributed by atoms with van der Waals surface area (Å²) in [7, 11) is 0. The smallest absolute Gasteiger partial charge is 0.112 e. The van der Waals surface area contributed by atoms with Crippen molar-refractivity contribution in [1.82, 2.24) is 14.5 Å². The summed E-state index contributed by atoms with van der Waals surface area (Å²) in [6.07, 6.45) is 6.49. The van der Waals surface area contributed by atoms with Gasteiger partial charge in [0, 0.05) is 24.9 Å². The molecule has 2 N–H and O–H groups in total. The van der Waals surface area contributed by atoms with E-state index in [2.05, 4.69) is 16.9 Å². The van der Waals surface area contributed by atoms with Gasteiger partial charge in [0.15, 0.2) is 0 Å². The molecule has 0 aliphatic heterocycles. The average Bonchev–Trinajstić information content (AvgIpc) is 2.77. The highest BCUT2D eigenvalue weighted by Gasteiger charge is 2.04. The first-order chi connectivity index (χ1) is 7.72. The minimum Gasteiger partial charge on any atom is -0.323 e. The van der Waals surface area contributed by atoms with Gasteiger partial charge in [-0.25, -0.2) is 4.98 Å². The van der Waals surface area contributed by atoms with E-state index in [1.165, 1.54) is 0 Å². The van der Waals surface area contributed by atoms with Gasteiger partial charge in [0.1, 0.15) is 5.82 Å². The van der Waals surface area contributed by atoms with E-state index in [0.29, 0.717) is 0 Å². The number of imidazole rings is 1. The number of nitrogens with zero attached hydrogens (tertiary/aromatic N) is 3. The highest BCUT2D eigenvalue weighted by molar-refractivity contribution is 5.31. The van der Waals surface area contributed by atoms with Crippen LogP contribution in [0.2, 0.25) is 0 Å². The molecule has 0 aromatic carbocycles. The van der Waals surface area contributed by atoms with E-state index in [4.69, 9.17) is 5.73 Å². The van der Waals surface area contributed by atoms with Crippen LogP contribution in [0.5, 0.6) is 0 Å². The molecule has 1 atom stereocenters. The Morgan fingerprint density at radius 1 is 1.38 bits per heavy atom. The molecule has 0 amide bonds. The predicted octanol–water partition coefficient (Wildman–Crippen LogP) is 1.85. The minimum atomic E-state index is -0.0255. The van der Waals surface area contributed by atoms with Gasteiger partial charge in [-0.15, -0.1) is 0 Å². The number of rotatable bonds is 3.